The molecule has 6 rings (SSSR count). The Kier molecular flexibility index (Phi) is 7.25. The molecule has 3 aromatic rings. The summed E-state index contributed by atoms with van der Waals surface area (Å²) in [4.78, 5) is 48.9. The van der Waals surface area contributed by atoms with Gasteiger partial charge < -0.3 is 5.32 Å². The molecule has 3 aliphatic rings. The van der Waals surface area contributed by atoms with Crippen molar-refractivity contribution in [2.24, 2.45) is 5.92 Å². The van der Waals surface area contributed by atoms with Crippen molar-refractivity contribution in [2.75, 3.05) is 9.80 Å². The molecule has 3 amide bonds. The van der Waals surface area contributed by atoms with Crippen molar-refractivity contribution in [2.45, 2.75) is 63.1 Å². The van der Waals surface area contributed by atoms with Gasteiger partial charge in [-0.1, -0.05) is 37.3 Å². The standard InChI is InChI=1S/C31H29F2N7O3/c1-18-4-2-5-20(12-18)28(29(42)37-22-14-31(32,33)15-22)40(23-7-3-6-21-17-36-38-27(21)23)30(43)24-8-9-26(41)39(24)25-13-19(16-34)10-11-35-25/h2-3,5-7,10-13,17-18,22,24,28H,4,8-9,14-15H2,1H3,(H,36,38)(H,37,42)/t18?,24-,28?/m0/s1. The maximum atomic E-state index is 14.8. The molecule has 3 heterocycles. The van der Waals surface area contributed by atoms with E-state index in [1.54, 1.807) is 30.5 Å². The second-order valence-corrected chi connectivity index (χ2v) is 11.3. The Balaban J connectivity index is 1.47. The molecule has 2 unspecified atom stereocenters. The number of carbonyl (C=O) groups is 3. The van der Waals surface area contributed by atoms with Crippen LogP contribution < -0.4 is 15.1 Å². The van der Waals surface area contributed by atoms with Crippen molar-refractivity contribution >= 4 is 40.1 Å². The Labute approximate surface area is 246 Å². The predicted molar refractivity (Wildman–Crippen MR) is 154 cm³/mol. The first-order chi connectivity index (χ1) is 20.6. The van der Waals surface area contributed by atoms with Crippen molar-refractivity contribution in [3.63, 3.8) is 0 Å². The molecule has 0 spiro atoms. The highest BCUT2D eigenvalue weighted by molar-refractivity contribution is 6.14. The molecule has 2 fully saturated rings. The number of nitrogens with zero attached hydrogens (tertiary/aromatic N) is 5. The Hall–Kier alpha value is -4.92. The highest BCUT2D eigenvalue weighted by Gasteiger charge is 2.49. The number of alkyl halides is 2. The van der Waals surface area contributed by atoms with Crippen LogP contribution in [-0.2, 0) is 14.4 Å². The summed E-state index contributed by atoms with van der Waals surface area (Å²) in [6.07, 6.45) is 8.59. The van der Waals surface area contributed by atoms with Crippen LogP contribution in [0.4, 0.5) is 20.3 Å². The third-order valence-corrected chi connectivity index (χ3v) is 8.12. The molecule has 43 heavy (non-hydrogen) atoms. The first-order valence-electron chi connectivity index (χ1n) is 14.1. The molecule has 220 valence electrons. The molecule has 1 saturated heterocycles. The fourth-order valence-corrected chi connectivity index (χ4v) is 6.04. The molecular formula is C31H29F2N7O3. The Bertz CT molecular complexity index is 1700. The SMILES string of the molecule is CC1C=C(C(C(=O)NC2CC(F)(F)C2)N(C(=O)[C@@H]2CCC(=O)N2c2cc(C#N)ccn2)c2cccc3cn[nH]c23)C=CC1. The zero-order valence-electron chi connectivity index (χ0n) is 23.3. The molecule has 2 aliphatic carbocycles. The van der Waals surface area contributed by atoms with Crippen molar-refractivity contribution in [1.29, 1.82) is 5.26 Å². The zero-order valence-corrected chi connectivity index (χ0v) is 23.3. The molecule has 3 atom stereocenters. The number of aromatic nitrogens is 3. The lowest BCUT2D eigenvalue weighted by Crippen LogP contribution is -2.59. The number of rotatable bonds is 7. The van der Waals surface area contributed by atoms with E-state index in [0.29, 0.717) is 22.2 Å². The summed E-state index contributed by atoms with van der Waals surface area (Å²) in [7, 11) is 0. The minimum atomic E-state index is -2.85. The summed E-state index contributed by atoms with van der Waals surface area (Å²) < 4.78 is 27.4. The van der Waals surface area contributed by atoms with Gasteiger partial charge in [-0.2, -0.15) is 10.4 Å². The Morgan fingerprint density at radius 3 is 2.84 bits per heavy atom. The van der Waals surface area contributed by atoms with Gasteiger partial charge in [-0.3, -0.25) is 29.3 Å². The molecule has 2 aromatic heterocycles. The fourth-order valence-electron chi connectivity index (χ4n) is 6.04. The molecule has 10 nitrogen and oxygen atoms in total. The largest absolute Gasteiger partial charge is 0.351 e. The average Bonchev–Trinajstić information content (AvgIpc) is 3.61. The number of benzene rings is 1. The van der Waals surface area contributed by atoms with E-state index in [1.807, 2.05) is 25.1 Å². The maximum Gasteiger partial charge on any atom is 0.252 e. The highest BCUT2D eigenvalue weighted by Crippen LogP contribution is 2.39. The minimum Gasteiger partial charge on any atom is -0.351 e. The molecule has 0 radical (unpaired) electrons. The number of halogens is 2. The second kappa shape index (κ2) is 11.1. The van der Waals surface area contributed by atoms with Gasteiger partial charge >= 0.3 is 0 Å². The van der Waals surface area contributed by atoms with Crippen LogP contribution in [0.25, 0.3) is 10.9 Å². The summed E-state index contributed by atoms with van der Waals surface area (Å²) in [6.45, 7) is 1.98. The van der Waals surface area contributed by atoms with Crippen LogP contribution in [-0.4, -0.2) is 57.0 Å². The minimum absolute atomic E-state index is 0.0601. The number of para-hydroxylation sites is 1. The smallest absolute Gasteiger partial charge is 0.252 e. The van der Waals surface area contributed by atoms with E-state index in [1.165, 1.54) is 28.1 Å². The van der Waals surface area contributed by atoms with Gasteiger partial charge in [0, 0.05) is 36.9 Å². The summed E-state index contributed by atoms with van der Waals surface area (Å²) >= 11 is 0. The lowest BCUT2D eigenvalue weighted by Gasteiger charge is -2.39. The van der Waals surface area contributed by atoms with E-state index in [-0.39, 0.29) is 36.0 Å². The Morgan fingerprint density at radius 2 is 2.09 bits per heavy atom. The molecular weight excluding hydrogens is 556 g/mol. The summed E-state index contributed by atoms with van der Waals surface area (Å²) in [5.41, 5.74) is 1.66. The van der Waals surface area contributed by atoms with E-state index >= 15 is 0 Å². The van der Waals surface area contributed by atoms with Crippen molar-refractivity contribution < 1.29 is 23.2 Å². The lowest BCUT2D eigenvalue weighted by atomic mass is 9.87. The van der Waals surface area contributed by atoms with Crippen LogP contribution in [0, 0.1) is 17.2 Å². The van der Waals surface area contributed by atoms with Gasteiger partial charge in [0.05, 0.1) is 29.0 Å². The number of H-pyrrole nitrogens is 1. The maximum absolute atomic E-state index is 14.8. The molecule has 12 heteroatoms. The fraction of sp³-hybridized carbons (Fsp3) is 0.355. The van der Waals surface area contributed by atoms with E-state index < -0.39 is 48.7 Å². The first-order valence-corrected chi connectivity index (χ1v) is 14.1. The number of allylic oxidation sites excluding steroid dienone is 2. The van der Waals surface area contributed by atoms with Gasteiger partial charge in [0.1, 0.15) is 17.9 Å². The monoisotopic (exact) mass is 585 g/mol. The van der Waals surface area contributed by atoms with Crippen molar-refractivity contribution in [3.05, 3.63) is 72.1 Å². The van der Waals surface area contributed by atoms with Crippen LogP contribution in [0.3, 0.4) is 0 Å². The molecule has 1 saturated carbocycles. The third-order valence-electron chi connectivity index (χ3n) is 8.12. The van der Waals surface area contributed by atoms with E-state index in [2.05, 4.69) is 20.5 Å². The topological polar surface area (TPSA) is 135 Å². The number of pyridine rings is 1. The zero-order chi connectivity index (χ0) is 30.3. The summed E-state index contributed by atoms with van der Waals surface area (Å²) in [5.74, 6) is -4.13. The molecule has 2 N–H and O–H groups in total. The van der Waals surface area contributed by atoms with Gasteiger partial charge in [0.15, 0.2) is 0 Å². The number of fused-ring (bicyclic) bond motifs is 1. The number of hydrogen-bond acceptors (Lipinski definition) is 6. The average molecular weight is 586 g/mol. The quantitative estimate of drug-likeness (QED) is 0.428. The Morgan fingerprint density at radius 1 is 1.28 bits per heavy atom. The van der Waals surface area contributed by atoms with E-state index in [4.69, 9.17) is 0 Å². The van der Waals surface area contributed by atoms with Gasteiger partial charge in [0.25, 0.3) is 11.8 Å². The van der Waals surface area contributed by atoms with Crippen LogP contribution in [0.1, 0.15) is 44.6 Å². The number of amides is 3. The van der Waals surface area contributed by atoms with Gasteiger partial charge in [-0.15, -0.1) is 0 Å². The molecule has 1 aliphatic heterocycles. The van der Waals surface area contributed by atoms with Gasteiger partial charge in [-0.05, 0) is 42.5 Å². The number of nitrogens with one attached hydrogen (secondary N) is 2. The van der Waals surface area contributed by atoms with Crippen LogP contribution >= 0.6 is 0 Å². The van der Waals surface area contributed by atoms with Crippen molar-refractivity contribution in [1.82, 2.24) is 20.5 Å². The normalized spacial score (nSPS) is 22.0. The lowest BCUT2D eigenvalue weighted by molar-refractivity contribution is -0.132. The number of nitriles is 1. The predicted octanol–water partition coefficient (Wildman–Crippen LogP) is 4.16. The van der Waals surface area contributed by atoms with Crippen LogP contribution in [0.15, 0.2) is 66.5 Å². The number of anilines is 2. The number of hydrogen-bond donors (Lipinski definition) is 2. The summed E-state index contributed by atoms with van der Waals surface area (Å²) in [5, 5.41) is 19.9. The number of carbonyl (C=O) groups excluding carboxylic acids is 3. The van der Waals surface area contributed by atoms with Gasteiger partial charge in [0.2, 0.25) is 11.8 Å². The van der Waals surface area contributed by atoms with Crippen LogP contribution in [0.2, 0.25) is 0 Å². The van der Waals surface area contributed by atoms with E-state index in [9.17, 15) is 28.4 Å². The number of aromatic amines is 1. The molecule has 0 bridgehead atoms. The van der Waals surface area contributed by atoms with Crippen molar-refractivity contribution in [3.8, 4) is 6.07 Å². The van der Waals surface area contributed by atoms with Gasteiger partial charge in [-0.25, -0.2) is 13.8 Å². The van der Waals surface area contributed by atoms with Crippen LogP contribution in [0.5, 0.6) is 0 Å². The summed E-state index contributed by atoms with van der Waals surface area (Å²) in [6, 6.07) is 7.18. The second-order valence-electron chi connectivity index (χ2n) is 11.3. The first kappa shape index (κ1) is 28.2. The van der Waals surface area contributed by atoms with E-state index in [0.717, 1.165) is 6.42 Å². The highest BCUT2D eigenvalue weighted by atomic mass is 19.3. The third kappa shape index (κ3) is 5.38. The molecule has 1 aromatic carbocycles.